The van der Waals surface area contributed by atoms with Gasteiger partial charge in [0, 0.05) is 6.54 Å². The third-order valence-electron chi connectivity index (χ3n) is 2.33. The quantitative estimate of drug-likeness (QED) is 0.436. The van der Waals surface area contributed by atoms with Gasteiger partial charge in [-0.15, -0.1) is 0 Å². The number of anilines is 2. The molecule has 0 fully saturated rings. The molecule has 6 N–H and O–H groups in total. The van der Waals surface area contributed by atoms with Crippen LogP contribution in [0.25, 0.3) is 0 Å². The first kappa shape index (κ1) is 15.2. The Labute approximate surface area is 109 Å². The fraction of sp³-hybridized carbons (Fsp3) is 0.300. The number of nitrogens with two attached hydrogens (primary N) is 2. The molecule has 0 saturated heterocycles. The molecule has 0 aliphatic rings. The fourth-order valence-electron chi connectivity index (χ4n) is 1.47. The summed E-state index contributed by atoms with van der Waals surface area (Å²) in [6.07, 6.45) is 0.190. The number of carboxylic acid groups (broad SMARTS) is 1. The van der Waals surface area contributed by atoms with Crippen LogP contribution in [0.5, 0.6) is 0 Å². The third kappa shape index (κ3) is 4.38. The van der Waals surface area contributed by atoms with Gasteiger partial charge in [-0.3, -0.25) is 0 Å². The van der Waals surface area contributed by atoms with Gasteiger partial charge >= 0.3 is 5.97 Å². The Hall–Kier alpha value is -1.87. The van der Waals surface area contributed by atoms with Crippen LogP contribution in [-0.2, 0) is 10.0 Å². The summed E-state index contributed by atoms with van der Waals surface area (Å²) in [5.41, 5.74) is 4.62. The molecule has 0 radical (unpaired) electrons. The van der Waals surface area contributed by atoms with Crippen LogP contribution in [0.3, 0.4) is 0 Å². The molecule has 0 amide bonds. The molecule has 0 heterocycles. The van der Waals surface area contributed by atoms with Gasteiger partial charge in [0.25, 0.3) is 0 Å². The molecule has 1 aromatic carbocycles. The lowest BCUT2D eigenvalue weighted by Gasteiger charge is -2.11. The molecule has 0 aliphatic carbocycles. The number of benzene rings is 1. The largest absolute Gasteiger partial charge is 0.478 e. The lowest BCUT2D eigenvalue weighted by molar-refractivity contribution is 0.0698. The fourth-order valence-corrected chi connectivity index (χ4v) is 2.01. The number of carboxylic acids is 1. The molecule has 0 saturated carbocycles. The molecule has 0 unspecified atom stereocenters. The van der Waals surface area contributed by atoms with Gasteiger partial charge in [0.1, 0.15) is 11.4 Å². The van der Waals surface area contributed by atoms with Crippen molar-refractivity contribution in [3.63, 3.8) is 0 Å². The van der Waals surface area contributed by atoms with Crippen molar-refractivity contribution in [1.29, 1.82) is 0 Å². The zero-order valence-corrected chi connectivity index (χ0v) is 10.7. The minimum Gasteiger partial charge on any atom is -0.478 e. The van der Waals surface area contributed by atoms with Gasteiger partial charge in [0.2, 0.25) is 10.0 Å². The minimum atomic E-state index is -3.56. The van der Waals surface area contributed by atoms with E-state index in [-0.39, 0.29) is 30.0 Å². The Morgan fingerprint density at radius 3 is 2.58 bits per heavy atom. The Kier molecular flexibility index (Phi) is 4.67. The predicted molar refractivity (Wildman–Crippen MR) is 68.9 cm³/mol. The van der Waals surface area contributed by atoms with E-state index in [0.717, 1.165) is 6.07 Å². The Morgan fingerprint density at radius 1 is 1.42 bits per heavy atom. The van der Waals surface area contributed by atoms with Gasteiger partial charge < -0.3 is 16.2 Å². The van der Waals surface area contributed by atoms with Crippen LogP contribution < -0.4 is 16.2 Å². The number of hydrogen-bond donors (Lipinski definition) is 4. The average Bonchev–Trinajstić information content (AvgIpc) is 2.27. The molecule has 0 atom stereocenters. The molecule has 106 valence electrons. The van der Waals surface area contributed by atoms with Gasteiger partial charge in [-0.2, -0.15) is 0 Å². The van der Waals surface area contributed by atoms with Crippen molar-refractivity contribution in [3.05, 3.63) is 23.5 Å². The lowest BCUT2D eigenvalue weighted by Crippen LogP contribution is -2.19. The minimum absolute atomic E-state index is 0.126. The summed E-state index contributed by atoms with van der Waals surface area (Å²) in [4.78, 5) is 11.0. The van der Waals surface area contributed by atoms with Crippen molar-refractivity contribution in [2.45, 2.75) is 6.42 Å². The summed E-state index contributed by atoms with van der Waals surface area (Å²) in [7, 11) is -3.56. The first-order valence-corrected chi connectivity index (χ1v) is 6.99. The Bertz CT molecular complexity index is 589. The number of carbonyl (C=O) groups is 1. The van der Waals surface area contributed by atoms with Gasteiger partial charge in [0.15, 0.2) is 0 Å². The Morgan fingerprint density at radius 2 is 2.05 bits per heavy atom. The predicted octanol–water partition coefficient (Wildman–Crippen LogP) is 0.197. The van der Waals surface area contributed by atoms with E-state index >= 15 is 0 Å². The van der Waals surface area contributed by atoms with Crippen molar-refractivity contribution in [1.82, 2.24) is 0 Å². The highest BCUT2D eigenvalue weighted by atomic mass is 32.2. The van der Waals surface area contributed by atoms with Crippen LogP contribution in [0.4, 0.5) is 15.8 Å². The summed E-state index contributed by atoms with van der Waals surface area (Å²) in [5.74, 6) is -2.43. The summed E-state index contributed by atoms with van der Waals surface area (Å²) in [5, 5.41) is 16.5. The van der Waals surface area contributed by atoms with E-state index in [2.05, 4.69) is 5.32 Å². The van der Waals surface area contributed by atoms with E-state index in [1.54, 1.807) is 0 Å². The number of primary sulfonamides is 1. The molecule has 7 nitrogen and oxygen atoms in total. The first-order chi connectivity index (χ1) is 8.72. The topological polar surface area (TPSA) is 136 Å². The number of sulfonamides is 1. The van der Waals surface area contributed by atoms with Crippen LogP contribution in [0, 0.1) is 5.82 Å². The van der Waals surface area contributed by atoms with Crippen molar-refractivity contribution in [3.8, 4) is 0 Å². The van der Waals surface area contributed by atoms with Crippen LogP contribution >= 0.6 is 0 Å². The van der Waals surface area contributed by atoms with E-state index in [1.807, 2.05) is 0 Å². The smallest absolute Gasteiger partial charge is 0.340 e. The van der Waals surface area contributed by atoms with E-state index in [1.165, 1.54) is 6.07 Å². The summed E-state index contributed by atoms with van der Waals surface area (Å²) < 4.78 is 34.6. The van der Waals surface area contributed by atoms with E-state index in [4.69, 9.17) is 16.0 Å². The molecule has 1 aromatic rings. The number of nitrogens with one attached hydrogen (secondary N) is 1. The maximum atomic E-state index is 13.2. The summed E-state index contributed by atoms with van der Waals surface area (Å²) in [6.45, 7) is 0.168. The highest BCUT2D eigenvalue weighted by Crippen LogP contribution is 2.25. The van der Waals surface area contributed by atoms with Gasteiger partial charge in [-0.25, -0.2) is 22.7 Å². The second-order valence-electron chi connectivity index (χ2n) is 3.84. The number of nitrogen functional groups attached to an aromatic ring is 1. The van der Waals surface area contributed by atoms with Crippen molar-refractivity contribution >= 4 is 27.4 Å². The molecule has 0 aromatic heterocycles. The molecule has 0 aliphatic heterocycles. The highest BCUT2D eigenvalue weighted by molar-refractivity contribution is 7.89. The van der Waals surface area contributed by atoms with Crippen molar-refractivity contribution in [2.75, 3.05) is 23.3 Å². The second kappa shape index (κ2) is 5.85. The van der Waals surface area contributed by atoms with Crippen molar-refractivity contribution < 1.29 is 22.7 Å². The van der Waals surface area contributed by atoms with Gasteiger partial charge in [0.05, 0.1) is 17.1 Å². The monoisotopic (exact) mass is 291 g/mol. The maximum Gasteiger partial charge on any atom is 0.340 e. The van der Waals surface area contributed by atoms with E-state index in [9.17, 15) is 17.6 Å². The highest BCUT2D eigenvalue weighted by Gasteiger charge is 2.17. The van der Waals surface area contributed by atoms with Crippen LogP contribution in [-0.4, -0.2) is 31.8 Å². The number of hydrogen-bond acceptors (Lipinski definition) is 5. The standard InChI is InChI=1S/C10H14FN3O4S/c11-6-2-3-7(8(9(6)12)10(15)16)14-4-1-5-19(13,17)18/h2-3,14H,1,4-5,12H2,(H,15,16)(H2,13,17,18). The third-order valence-corrected chi connectivity index (χ3v) is 3.18. The Balaban J connectivity index is 2.79. The molecular weight excluding hydrogens is 277 g/mol. The summed E-state index contributed by atoms with van der Waals surface area (Å²) in [6, 6.07) is 2.26. The lowest BCUT2D eigenvalue weighted by atomic mass is 10.1. The van der Waals surface area contributed by atoms with Crippen LogP contribution in [0.2, 0.25) is 0 Å². The molecule has 1 rings (SSSR count). The molecule has 19 heavy (non-hydrogen) atoms. The van der Waals surface area contributed by atoms with Gasteiger partial charge in [-0.1, -0.05) is 0 Å². The number of rotatable bonds is 6. The van der Waals surface area contributed by atoms with Gasteiger partial charge in [-0.05, 0) is 18.6 Å². The van der Waals surface area contributed by atoms with E-state index in [0.29, 0.717) is 0 Å². The zero-order valence-electron chi connectivity index (χ0n) is 9.89. The second-order valence-corrected chi connectivity index (χ2v) is 5.57. The number of halogens is 1. The molecule has 9 heteroatoms. The van der Waals surface area contributed by atoms with E-state index < -0.39 is 27.5 Å². The normalized spacial score (nSPS) is 11.3. The summed E-state index contributed by atoms with van der Waals surface area (Å²) >= 11 is 0. The molecule has 0 bridgehead atoms. The zero-order chi connectivity index (χ0) is 14.6. The molecular formula is C10H14FN3O4S. The average molecular weight is 291 g/mol. The van der Waals surface area contributed by atoms with Crippen LogP contribution in [0.1, 0.15) is 16.8 Å². The SMILES string of the molecule is Nc1c(F)ccc(NCCCS(N)(=O)=O)c1C(=O)O. The number of aromatic carboxylic acids is 1. The van der Waals surface area contributed by atoms with Crippen molar-refractivity contribution in [2.24, 2.45) is 5.14 Å². The van der Waals surface area contributed by atoms with Crippen LogP contribution in [0.15, 0.2) is 12.1 Å². The first-order valence-electron chi connectivity index (χ1n) is 5.28. The molecule has 0 spiro atoms. The maximum absolute atomic E-state index is 13.2.